The van der Waals surface area contributed by atoms with Gasteiger partial charge in [-0.3, -0.25) is 4.79 Å². The number of carboxylic acid groups (broad SMARTS) is 1. The van der Waals surface area contributed by atoms with Crippen LogP contribution in [0.25, 0.3) is 0 Å². The highest BCUT2D eigenvalue weighted by atomic mass is 35.5. The van der Waals surface area contributed by atoms with Gasteiger partial charge in [0, 0.05) is 12.0 Å². The Kier molecular flexibility index (Phi) is 4.15. The number of benzene rings is 2. The topological polar surface area (TPSA) is 54.4 Å². The zero-order chi connectivity index (χ0) is 14.7. The van der Waals surface area contributed by atoms with E-state index >= 15 is 0 Å². The van der Waals surface area contributed by atoms with Crippen LogP contribution in [0, 0.1) is 5.82 Å². The molecule has 0 aliphatic rings. The summed E-state index contributed by atoms with van der Waals surface area (Å²) in [7, 11) is 0. The SMILES string of the molecule is O=C(Cc1ccccc1F)c1ccc(C(=O)O)c(Cl)c1. The molecule has 5 heteroatoms. The van der Waals surface area contributed by atoms with Crippen LogP contribution in [0.5, 0.6) is 0 Å². The van der Waals surface area contributed by atoms with Crippen molar-refractivity contribution in [1.82, 2.24) is 0 Å². The van der Waals surface area contributed by atoms with Gasteiger partial charge in [0.2, 0.25) is 0 Å². The minimum absolute atomic E-state index is 0.0168. The number of hydrogen-bond donors (Lipinski definition) is 1. The summed E-state index contributed by atoms with van der Waals surface area (Å²) < 4.78 is 13.5. The Bertz CT molecular complexity index is 683. The number of rotatable bonds is 4. The number of hydrogen-bond acceptors (Lipinski definition) is 2. The molecule has 102 valence electrons. The Morgan fingerprint density at radius 1 is 1.15 bits per heavy atom. The summed E-state index contributed by atoms with van der Waals surface area (Å²) in [6.45, 7) is 0. The van der Waals surface area contributed by atoms with E-state index in [9.17, 15) is 14.0 Å². The molecule has 0 saturated carbocycles. The predicted molar refractivity (Wildman–Crippen MR) is 72.8 cm³/mol. The van der Waals surface area contributed by atoms with Gasteiger partial charge < -0.3 is 5.11 Å². The normalized spacial score (nSPS) is 10.3. The van der Waals surface area contributed by atoms with E-state index in [0.29, 0.717) is 0 Å². The van der Waals surface area contributed by atoms with Crippen molar-refractivity contribution in [2.24, 2.45) is 0 Å². The molecule has 0 bridgehead atoms. The van der Waals surface area contributed by atoms with Gasteiger partial charge in [-0.05, 0) is 23.8 Å². The maximum absolute atomic E-state index is 13.5. The maximum Gasteiger partial charge on any atom is 0.337 e. The second-order valence-electron chi connectivity index (χ2n) is 4.19. The smallest absolute Gasteiger partial charge is 0.337 e. The van der Waals surface area contributed by atoms with Crippen LogP contribution in [-0.2, 0) is 6.42 Å². The molecule has 0 aliphatic carbocycles. The van der Waals surface area contributed by atoms with Gasteiger partial charge in [0.05, 0.1) is 10.6 Å². The lowest BCUT2D eigenvalue weighted by Gasteiger charge is -2.05. The summed E-state index contributed by atoms with van der Waals surface area (Å²) >= 11 is 5.80. The molecular weight excluding hydrogens is 283 g/mol. The van der Waals surface area contributed by atoms with E-state index in [1.165, 1.54) is 30.3 Å². The average molecular weight is 293 g/mol. The van der Waals surface area contributed by atoms with Gasteiger partial charge in [0.1, 0.15) is 5.82 Å². The van der Waals surface area contributed by atoms with Crippen LogP contribution in [0.1, 0.15) is 26.3 Å². The van der Waals surface area contributed by atoms with Crippen LogP contribution in [0.3, 0.4) is 0 Å². The summed E-state index contributed by atoms with van der Waals surface area (Å²) in [5, 5.41) is 8.83. The summed E-state index contributed by atoms with van der Waals surface area (Å²) in [6.07, 6.45) is -0.102. The van der Waals surface area contributed by atoms with Gasteiger partial charge in [0.15, 0.2) is 5.78 Å². The monoisotopic (exact) mass is 292 g/mol. The van der Waals surface area contributed by atoms with Gasteiger partial charge >= 0.3 is 5.97 Å². The molecule has 0 aliphatic heterocycles. The van der Waals surface area contributed by atoms with Gasteiger partial charge in [-0.2, -0.15) is 0 Å². The highest BCUT2D eigenvalue weighted by Gasteiger charge is 2.14. The van der Waals surface area contributed by atoms with Gasteiger partial charge in [-0.15, -0.1) is 0 Å². The fourth-order valence-corrected chi connectivity index (χ4v) is 2.04. The number of Topliss-reactive ketones (excluding diaryl/α,β-unsaturated/α-hetero) is 1. The van der Waals surface area contributed by atoms with E-state index in [2.05, 4.69) is 0 Å². The van der Waals surface area contributed by atoms with Crippen molar-refractivity contribution in [2.75, 3.05) is 0 Å². The molecule has 2 aromatic rings. The molecule has 0 spiro atoms. The Hall–Kier alpha value is -2.20. The van der Waals surface area contributed by atoms with Crippen molar-refractivity contribution in [3.8, 4) is 0 Å². The number of ketones is 1. The molecule has 0 saturated heterocycles. The molecule has 2 aromatic carbocycles. The summed E-state index contributed by atoms with van der Waals surface area (Å²) in [5.74, 6) is -1.94. The molecular formula is C15H10ClFO3. The van der Waals surface area contributed by atoms with Gasteiger partial charge in [0.25, 0.3) is 0 Å². The van der Waals surface area contributed by atoms with E-state index in [4.69, 9.17) is 16.7 Å². The van der Waals surface area contributed by atoms with Crippen LogP contribution in [0.4, 0.5) is 4.39 Å². The first-order chi connectivity index (χ1) is 9.49. The Morgan fingerprint density at radius 2 is 1.85 bits per heavy atom. The van der Waals surface area contributed by atoms with Crippen molar-refractivity contribution >= 4 is 23.4 Å². The molecule has 3 nitrogen and oxygen atoms in total. The van der Waals surface area contributed by atoms with Crippen LogP contribution in [-0.4, -0.2) is 16.9 Å². The minimum atomic E-state index is -1.16. The van der Waals surface area contributed by atoms with E-state index in [1.807, 2.05) is 0 Å². The number of aromatic carboxylic acids is 1. The molecule has 0 aromatic heterocycles. The van der Waals surface area contributed by atoms with E-state index in [1.54, 1.807) is 12.1 Å². The van der Waals surface area contributed by atoms with Gasteiger partial charge in [-0.25, -0.2) is 9.18 Å². The second-order valence-corrected chi connectivity index (χ2v) is 4.60. The largest absolute Gasteiger partial charge is 0.478 e. The molecule has 0 atom stereocenters. The van der Waals surface area contributed by atoms with Crippen molar-refractivity contribution in [3.63, 3.8) is 0 Å². The average Bonchev–Trinajstić information content (AvgIpc) is 2.40. The lowest BCUT2D eigenvalue weighted by atomic mass is 10.0. The number of carboxylic acids is 1. The Balaban J connectivity index is 2.24. The fraction of sp³-hybridized carbons (Fsp3) is 0.0667. The van der Waals surface area contributed by atoms with Crippen LogP contribution in [0.2, 0.25) is 5.02 Å². The van der Waals surface area contributed by atoms with E-state index in [-0.39, 0.29) is 33.9 Å². The predicted octanol–water partition coefficient (Wildman–Crippen LogP) is 3.60. The molecule has 0 heterocycles. The number of carbonyl (C=O) groups is 2. The number of carbonyl (C=O) groups excluding carboxylic acids is 1. The Morgan fingerprint density at radius 3 is 2.45 bits per heavy atom. The van der Waals surface area contributed by atoms with Crippen LogP contribution >= 0.6 is 11.6 Å². The molecule has 2 rings (SSSR count). The minimum Gasteiger partial charge on any atom is -0.478 e. The van der Waals surface area contributed by atoms with Crippen molar-refractivity contribution in [1.29, 1.82) is 0 Å². The summed E-state index contributed by atoms with van der Waals surface area (Å²) in [4.78, 5) is 22.8. The standard InChI is InChI=1S/C15H10ClFO3/c16-12-7-10(5-6-11(12)15(19)20)14(18)8-9-3-1-2-4-13(9)17/h1-7H,8H2,(H,19,20). The van der Waals surface area contributed by atoms with E-state index < -0.39 is 11.8 Å². The number of halogens is 2. The zero-order valence-electron chi connectivity index (χ0n) is 10.3. The highest BCUT2D eigenvalue weighted by molar-refractivity contribution is 6.33. The second kappa shape index (κ2) is 5.84. The molecule has 0 unspecified atom stereocenters. The Labute approximate surface area is 119 Å². The molecule has 0 amide bonds. The lowest BCUT2D eigenvalue weighted by Crippen LogP contribution is -2.06. The first kappa shape index (κ1) is 14.2. The van der Waals surface area contributed by atoms with Crippen LogP contribution in [0.15, 0.2) is 42.5 Å². The maximum atomic E-state index is 13.5. The summed E-state index contributed by atoms with van der Waals surface area (Å²) in [5.41, 5.74) is 0.466. The zero-order valence-corrected chi connectivity index (χ0v) is 11.0. The quantitative estimate of drug-likeness (QED) is 0.876. The summed E-state index contributed by atoms with van der Waals surface area (Å²) in [6, 6.07) is 9.92. The third kappa shape index (κ3) is 3.03. The molecule has 20 heavy (non-hydrogen) atoms. The fourth-order valence-electron chi connectivity index (χ4n) is 1.78. The first-order valence-corrected chi connectivity index (χ1v) is 6.16. The van der Waals surface area contributed by atoms with Crippen molar-refractivity contribution in [3.05, 3.63) is 70.0 Å². The molecule has 0 radical (unpaired) electrons. The lowest BCUT2D eigenvalue weighted by molar-refractivity contribution is 0.0696. The molecule has 1 N–H and O–H groups in total. The van der Waals surface area contributed by atoms with Gasteiger partial charge in [-0.1, -0.05) is 35.9 Å². The van der Waals surface area contributed by atoms with Crippen LogP contribution < -0.4 is 0 Å². The van der Waals surface area contributed by atoms with Crippen molar-refractivity contribution < 1.29 is 19.1 Å². The first-order valence-electron chi connectivity index (χ1n) is 5.78. The highest BCUT2D eigenvalue weighted by Crippen LogP contribution is 2.19. The molecule has 0 fully saturated rings. The third-order valence-corrected chi connectivity index (χ3v) is 3.14. The van der Waals surface area contributed by atoms with E-state index in [0.717, 1.165) is 0 Å². The van der Waals surface area contributed by atoms with Crippen molar-refractivity contribution in [2.45, 2.75) is 6.42 Å². The third-order valence-electron chi connectivity index (χ3n) is 2.83.